The van der Waals surface area contributed by atoms with Gasteiger partial charge < -0.3 is 15.1 Å². The van der Waals surface area contributed by atoms with Crippen LogP contribution in [0.2, 0.25) is 0 Å². The van der Waals surface area contributed by atoms with Crippen molar-refractivity contribution in [2.45, 2.75) is 39.3 Å². The number of hydrogen-bond acceptors (Lipinski definition) is 3. The Labute approximate surface area is 167 Å². The van der Waals surface area contributed by atoms with E-state index in [-0.39, 0.29) is 17.8 Å². The first-order chi connectivity index (χ1) is 13.6. The molecule has 1 unspecified atom stereocenters. The van der Waals surface area contributed by atoms with Crippen molar-refractivity contribution in [2.75, 3.05) is 45.8 Å². The van der Waals surface area contributed by atoms with Gasteiger partial charge in [-0.15, -0.1) is 0 Å². The zero-order chi connectivity index (χ0) is 19.9. The minimum absolute atomic E-state index is 0.0711. The Balaban J connectivity index is 1.57. The third-order valence-electron chi connectivity index (χ3n) is 5.63. The number of benzene rings is 1. The minimum atomic E-state index is -0.221. The molecule has 1 N–H and O–H groups in total. The molecule has 154 valence electrons. The summed E-state index contributed by atoms with van der Waals surface area (Å²) in [6, 6.07) is 6.69. The molecule has 2 aliphatic rings. The van der Waals surface area contributed by atoms with Crippen molar-refractivity contribution in [3.05, 3.63) is 35.6 Å². The third-order valence-corrected chi connectivity index (χ3v) is 5.63. The van der Waals surface area contributed by atoms with Gasteiger partial charge in [-0.2, -0.15) is 0 Å². The van der Waals surface area contributed by atoms with Crippen LogP contribution in [0.15, 0.2) is 29.3 Å². The zero-order valence-electron chi connectivity index (χ0n) is 17.0. The highest BCUT2D eigenvalue weighted by Crippen LogP contribution is 2.14. The zero-order valence-corrected chi connectivity index (χ0v) is 17.0. The monoisotopic (exact) mass is 389 g/mol. The molecular weight excluding hydrogens is 357 g/mol. The lowest BCUT2D eigenvalue weighted by molar-refractivity contribution is -0.135. The van der Waals surface area contributed by atoms with E-state index in [2.05, 4.69) is 20.1 Å². The predicted octanol–water partition coefficient (Wildman–Crippen LogP) is 1.92. The number of carbonyl (C=O) groups is 1. The Morgan fingerprint density at radius 1 is 1.11 bits per heavy atom. The number of guanidine groups is 1. The molecule has 2 heterocycles. The van der Waals surface area contributed by atoms with Crippen LogP contribution in [0.5, 0.6) is 0 Å². The van der Waals surface area contributed by atoms with Crippen LogP contribution in [0.25, 0.3) is 0 Å². The summed E-state index contributed by atoms with van der Waals surface area (Å²) in [6.45, 7) is 10.2. The fraction of sp³-hybridized carbons (Fsp3) is 0.619. The summed E-state index contributed by atoms with van der Waals surface area (Å²) in [5.41, 5.74) is 0.598. The summed E-state index contributed by atoms with van der Waals surface area (Å²) in [7, 11) is 0. The first kappa shape index (κ1) is 20.6. The number of nitrogens with one attached hydrogen (secondary N) is 1. The molecule has 1 amide bonds. The highest BCUT2D eigenvalue weighted by molar-refractivity contribution is 5.82. The number of likely N-dealkylation sites (tertiary alicyclic amines) is 1. The van der Waals surface area contributed by atoms with Gasteiger partial charge in [-0.05, 0) is 32.8 Å². The van der Waals surface area contributed by atoms with Gasteiger partial charge in [-0.25, -0.2) is 9.38 Å². The van der Waals surface area contributed by atoms with Gasteiger partial charge in [0.2, 0.25) is 5.91 Å². The van der Waals surface area contributed by atoms with Crippen molar-refractivity contribution in [1.82, 2.24) is 20.0 Å². The maximum atomic E-state index is 13.9. The van der Waals surface area contributed by atoms with Gasteiger partial charge in [0.1, 0.15) is 5.82 Å². The minimum Gasteiger partial charge on any atom is -0.357 e. The fourth-order valence-corrected chi connectivity index (χ4v) is 3.89. The molecule has 1 aromatic rings. The Hall–Kier alpha value is -2.15. The van der Waals surface area contributed by atoms with Crippen LogP contribution in [-0.4, -0.2) is 78.4 Å². The first-order valence-electron chi connectivity index (χ1n) is 10.4. The Kier molecular flexibility index (Phi) is 7.25. The van der Waals surface area contributed by atoms with Gasteiger partial charge in [0.25, 0.3) is 0 Å². The van der Waals surface area contributed by atoms with Crippen molar-refractivity contribution < 1.29 is 9.18 Å². The van der Waals surface area contributed by atoms with Crippen LogP contribution >= 0.6 is 0 Å². The number of rotatable bonds is 5. The Bertz CT molecular complexity index is 681. The molecule has 1 aromatic carbocycles. The van der Waals surface area contributed by atoms with Crippen LogP contribution in [0, 0.1) is 5.82 Å². The first-order valence-corrected chi connectivity index (χ1v) is 10.4. The average Bonchev–Trinajstić information content (AvgIpc) is 3.26. The van der Waals surface area contributed by atoms with Gasteiger partial charge in [0, 0.05) is 51.4 Å². The summed E-state index contributed by atoms with van der Waals surface area (Å²) in [5, 5.41) is 3.31. The van der Waals surface area contributed by atoms with Crippen LogP contribution in [0.4, 0.5) is 4.39 Å². The highest BCUT2D eigenvalue weighted by Gasteiger charge is 2.30. The Morgan fingerprint density at radius 3 is 2.43 bits per heavy atom. The average molecular weight is 390 g/mol. The summed E-state index contributed by atoms with van der Waals surface area (Å²) in [4.78, 5) is 23.7. The standard InChI is InChI=1S/C21H32FN5O/c1-3-23-21(24-16-18-8-4-5-9-19(18)22)27-14-12-25(13-15-27)17(2)20(28)26-10-6-7-11-26/h4-5,8-9,17H,3,6-7,10-16H2,1-2H3,(H,23,24). The van der Waals surface area contributed by atoms with E-state index in [9.17, 15) is 9.18 Å². The largest absolute Gasteiger partial charge is 0.357 e. The van der Waals surface area contributed by atoms with Gasteiger partial charge >= 0.3 is 0 Å². The summed E-state index contributed by atoms with van der Waals surface area (Å²) < 4.78 is 13.9. The van der Waals surface area contributed by atoms with Crippen LogP contribution < -0.4 is 5.32 Å². The number of aliphatic imine (C=N–C) groups is 1. The maximum Gasteiger partial charge on any atom is 0.239 e. The van der Waals surface area contributed by atoms with Crippen molar-refractivity contribution in [3.8, 4) is 0 Å². The molecule has 28 heavy (non-hydrogen) atoms. The molecule has 0 bridgehead atoms. The second-order valence-electron chi connectivity index (χ2n) is 7.49. The fourth-order valence-electron chi connectivity index (χ4n) is 3.89. The molecule has 7 heteroatoms. The molecule has 0 aliphatic carbocycles. The second-order valence-corrected chi connectivity index (χ2v) is 7.49. The van der Waals surface area contributed by atoms with Gasteiger partial charge in [0.05, 0.1) is 12.6 Å². The van der Waals surface area contributed by atoms with E-state index < -0.39 is 0 Å². The number of hydrogen-bond donors (Lipinski definition) is 1. The smallest absolute Gasteiger partial charge is 0.239 e. The number of halogens is 1. The Morgan fingerprint density at radius 2 is 1.79 bits per heavy atom. The lowest BCUT2D eigenvalue weighted by atomic mass is 10.2. The van der Waals surface area contributed by atoms with Crippen LogP contribution in [-0.2, 0) is 11.3 Å². The molecule has 0 spiro atoms. The molecular formula is C21H32FN5O. The van der Waals surface area contributed by atoms with E-state index in [4.69, 9.17) is 0 Å². The molecule has 2 fully saturated rings. The lowest BCUT2D eigenvalue weighted by Crippen LogP contribution is -2.57. The molecule has 2 saturated heterocycles. The molecule has 0 aromatic heterocycles. The highest BCUT2D eigenvalue weighted by atomic mass is 19.1. The molecule has 6 nitrogen and oxygen atoms in total. The number of piperazine rings is 1. The van der Waals surface area contributed by atoms with Gasteiger partial charge in [0.15, 0.2) is 5.96 Å². The number of amides is 1. The quantitative estimate of drug-likeness (QED) is 0.618. The second kappa shape index (κ2) is 9.87. The SMILES string of the molecule is CCNC(=NCc1ccccc1F)N1CCN(C(C)C(=O)N2CCCC2)CC1. The van der Waals surface area contributed by atoms with Crippen molar-refractivity contribution in [2.24, 2.45) is 4.99 Å². The summed E-state index contributed by atoms with van der Waals surface area (Å²) >= 11 is 0. The summed E-state index contributed by atoms with van der Waals surface area (Å²) in [5.74, 6) is 0.844. The van der Waals surface area contributed by atoms with E-state index in [1.807, 2.05) is 24.8 Å². The van der Waals surface area contributed by atoms with E-state index in [1.54, 1.807) is 12.1 Å². The van der Waals surface area contributed by atoms with Crippen LogP contribution in [0.3, 0.4) is 0 Å². The van der Waals surface area contributed by atoms with Gasteiger partial charge in [-0.1, -0.05) is 18.2 Å². The van der Waals surface area contributed by atoms with Crippen molar-refractivity contribution >= 4 is 11.9 Å². The van der Waals surface area contributed by atoms with E-state index in [1.165, 1.54) is 6.07 Å². The van der Waals surface area contributed by atoms with Crippen LogP contribution in [0.1, 0.15) is 32.3 Å². The topological polar surface area (TPSA) is 51.2 Å². The molecule has 0 radical (unpaired) electrons. The third kappa shape index (κ3) is 5.01. The normalized spacial score (nSPS) is 19.8. The van der Waals surface area contributed by atoms with Crippen molar-refractivity contribution in [3.63, 3.8) is 0 Å². The lowest BCUT2D eigenvalue weighted by Gasteiger charge is -2.39. The van der Waals surface area contributed by atoms with Gasteiger partial charge in [-0.3, -0.25) is 9.69 Å². The number of carbonyl (C=O) groups excluding carboxylic acids is 1. The molecule has 3 rings (SSSR count). The van der Waals surface area contributed by atoms with E-state index in [0.717, 1.165) is 64.6 Å². The van der Waals surface area contributed by atoms with E-state index >= 15 is 0 Å². The number of nitrogens with zero attached hydrogens (tertiary/aromatic N) is 4. The maximum absolute atomic E-state index is 13.9. The molecule has 2 aliphatic heterocycles. The van der Waals surface area contributed by atoms with Crippen molar-refractivity contribution in [1.29, 1.82) is 0 Å². The summed E-state index contributed by atoms with van der Waals surface area (Å²) in [6.07, 6.45) is 2.24. The predicted molar refractivity (Wildman–Crippen MR) is 110 cm³/mol. The molecule has 0 saturated carbocycles. The molecule has 1 atom stereocenters. The van der Waals surface area contributed by atoms with E-state index in [0.29, 0.717) is 12.1 Å².